The summed E-state index contributed by atoms with van der Waals surface area (Å²) in [5.74, 6) is -0.446. The van der Waals surface area contributed by atoms with Gasteiger partial charge in [0.2, 0.25) is 0 Å². The molecule has 0 saturated carbocycles. The van der Waals surface area contributed by atoms with Crippen molar-refractivity contribution in [2.75, 3.05) is 5.32 Å². The topological polar surface area (TPSA) is 55.2 Å². The average molecular weight is 281 g/mol. The zero-order valence-corrected chi connectivity index (χ0v) is 10.5. The van der Waals surface area contributed by atoms with Gasteiger partial charge in [0, 0.05) is 23.2 Å². The third kappa shape index (κ3) is 3.00. The Morgan fingerprint density at radius 2 is 1.95 bits per heavy atom. The van der Waals surface area contributed by atoms with Crippen molar-refractivity contribution in [1.82, 2.24) is 0 Å². The number of nitro benzene ring substituents is 1. The van der Waals surface area contributed by atoms with Gasteiger partial charge in [-0.2, -0.15) is 0 Å². The largest absolute Gasteiger partial charge is 0.375 e. The van der Waals surface area contributed by atoms with Gasteiger partial charge in [-0.05, 0) is 18.2 Å². The van der Waals surface area contributed by atoms with E-state index in [4.69, 9.17) is 11.6 Å². The van der Waals surface area contributed by atoms with Crippen molar-refractivity contribution < 1.29 is 9.31 Å². The molecule has 2 aromatic rings. The normalized spacial score (nSPS) is 10.2. The zero-order chi connectivity index (χ0) is 13.8. The minimum atomic E-state index is -0.495. The molecular formula is C13H10ClFN2O2. The number of nitrogens with one attached hydrogen (secondary N) is 1. The summed E-state index contributed by atoms with van der Waals surface area (Å²) in [5.41, 5.74) is 0.545. The maximum Gasteiger partial charge on any atom is 0.292 e. The molecule has 2 aromatic carbocycles. The molecule has 2 rings (SSSR count). The molecule has 0 saturated heterocycles. The van der Waals surface area contributed by atoms with Crippen LogP contribution >= 0.6 is 11.6 Å². The molecule has 1 N–H and O–H groups in total. The highest BCUT2D eigenvalue weighted by atomic mass is 35.5. The number of benzene rings is 2. The van der Waals surface area contributed by atoms with E-state index in [1.54, 1.807) is 24.3 Å². The van der Waals surface area contributed by atoms with Crippen LogP contribution in [0.5, 0.6) is 0 Å². The van der Waals surface area contributed by atoms with Crippen molar-refractivity contribution in [1.29, 1.82) is 0 Å². The molecule has 0 heterocycles. The van der Waals surface area contributed by atoms with Crippen LogP contribution in [0.2, 0.25) is 5.02 Å². The van der Waals surface area contributed by atoms with Crippen molar-refractivity contribution >= 4 is 23.0 Å². The van der Waals surface area contributed by atoms with E-state index < -0.39 is 10.7 Å². The van der Waals surface area contributed by atoms with Gasteiger partial charge < -0.3 is 5.32 Å². The van der Waals surface area contributed by atoms with Crippen LogP contribution in [0.3, 0.4) is 0 Å². The molecule has 0 aliphatic rings. The SMILES string of the molecule is O=[N+]([O-])c1ccccc1NCc1c(F)cccc1Cl. The van der Waals surface area contributed by atoms with Crippen LogP contribution in [-0.4, -0.2) is 4.92 Å². The van der Waals surface area contributed by atoms with E-state index in [0.717, 1.165) is 0 Å². The minimum Gasteiger partial charge on any atom is -0.375 e. The lowest BCUT2D eigenvalue weighted by atomic mass is 10.2. The first-order valence-corrected chi connectivity index (χ1v) is 5.87. The van der Waals surface area contributed by atoms with Crippen molar-refractivity contribution in [2.45, 2.75) is 6.54 Å². The Balaban J connectivity index is 2.22. The minimum absolute atomic E-state index is 0.0602. The molecule has 0 radical (unpaired) electrons. The first-order valence-electron chi connectivity index (χ1n) is 5.50. The number of para-hydroxylation sites is 2. The Bertz CT molecular complexity index is 599. The lowest BCUT2D eigenvalue weighted by molar-refractivity contribution is -0.384. The third-order valence-corrected chi connectivity index (χ3v) is 2.97. The zero-order valence-electron chi connectivity index (χ0n) is 9.77. The molecule has 0 spiro atoms. The molecule has 0 atom stereocenters. The van der Waals surface area contributed by atoms with E-state index >= 15 is 0 Å². The van der Waals surface area contributed by atoms with Crippen LogP contribution < -0.4 is 5.32 Å². The average Bonchev–Trinajstić information content (AvgIpc) is 2.38. The van der Waals surface area contributed by atoms with Gasteiger partial charge in [-0.1, -0.05) is 29.8 Å². The van der Waals surface area contributed by atoms with E-state index in [2.05, 4.69) is 5.32 Å². The number of anilines is 1. The molecule has 0 unspecified atom stereocenters. The van der Waals surface area contributed by atoms with Gasteiger partial charge in [-0.3, -0.25) is 10.1 Å². The van der Waals surface area contributed by atoms with Crippen LogP contribution in [0, 0.1) is 15.9 Å². The number of rotatable bonds is 4. The molecule has 98 valence electrons. The predicted molar refractivity (Wildman–Crippen MR) is 71.8 cm³/mol. The second kappa shape index (κ2) is 5.67. The van der Waals surface area contributed by atoms with E-state index in [-0.39, 0.29) is 22.8 Å². The summed E-state index contributed by atoms with van der Waals surface area (Å²) in [6.07, 6.45) is 0. The fourth-order valence-corrected chi connectivity index (χ4v) is 1.90. The van der Waals surface area contributed by atoms with Crippen LogP contribution in [0.1, 0.15) is 5.56 Å². The maximum absolute atomic E-state index is 13.6. The summed E-state index contributed by atoms with van der Waals surface area (Å²) in [6.45, 7) is 0.0797. The summed E-state index contributed by atoms with van der Waals surface area (Å²) >= 11 is 5.88. The van der Waals surface area contributed by atoms with Crippen molar-refractivity contribution in [3.05, 3.63) is 69.0 Å². The molecule has 0 aromatic heterocycles. The number of nitro groups is 1. The Kier molecular flexibility index (Phi) is 3.97. The van der Waals surface area contributed by atoms with Gasteiger partial charge in [-0.15, -0.1) is 0 Å². The number of hydrogen-bond acceptors (Lipinski definition) is 3. The third-order valence-electron chi connectivity index (χ3n) is 2.62. The van der Waals surface area contributed by atoms with Gasteiger partial charge in [0.05, 0.1) is 4.92 Å². The van der Waals surface area contributed by atoms with Crippen LogP contribution in [-0.2, 0) is 6.54 Å². The lowest BCUT2D eigenvalue weighted by Crippen LogP contribution is -2.04. The second-order valence-electron chi connectivity index (χ2n) is 3.83. The van der Waals surface area contributed by atoms with E-state index in [1.807, 2.05) is 0 Å². The van der Waals surface area contributed by atoms with E-state index in [9.17, 15) is 14.5 Å². The summed E-state index contributed by atoms with van der Waals surface area (Å²) in [4.78, 5) is 10.3. The molecule has 0 aliphatic heterocycles. The second-order valence-corrected chi connectivity index (χ2v) is 4.24. The standard InChI is InChI=1S/C13H10ClFN2O2/c14-10-4-3-5-11(15)9(10)8-16-12-6-1-2-7-13(12)17(18)19/h1-7,16H,8H2. The number of halogens is 2. The predicted octanol–water partition coefficient (Wildman–Crippen LogP) is 4.00. The van der Waals surface area contributed by atoms with Crippen LogP contribution in [0.4, 0.5) is 15.8 Å². The van der Waals surface area contributed by atoms with Crippen LogP contribution in [0.25, 0.3) is 0 Å². The molecule has 6 heteroatoms. The van der Waals surface area contributed by atoms with Crippen LogP contribution in [0.15, 0.2) is 42.5 Å². The fraction of sp³-hybridized carbons (Fsp3) is 0.0769. The fourth-order valence-electron chi connectivity index (χ4n) is 1.67. The Morgan fingerprint density at radius 3 is 2.63 bits per heavy atom. The summed E-state index contributed by atoms with van der Waals surface area (Å²) in [5, 5.41) is 13.9. The maximum atomic E-state index is 13.6. The summed E-state index contributed by atoms with van der Waals surface area (Å²) in [7, 11) is 0. The highest BCUT2D eigenvalue weighted by Gasteiger charge is 2.13. The Morgan fingerprint density at radius 1 is 1.21 bits per heavy atom. The molecule has 4 nitrogen and oxygen atoms in total. The quantitative estimate of drug-likeness (QED) is 0.680. The summed E-state index contributed by atoms with van der Waals surface area (Å²) in [6, 6.07) is 10.5. The molecule has 0 bridgehead atoms. The molecule has 19 heavy (non-hydrogen) atoms. The molecule has 0 aliphatic carbocycles. The van der Waals surface area contributed by atoms with E-state index in [0.29, 0.717) is 5.69 Å². The molecule has 0 fully saturated rings. The van der Waals surface area contributed by atoms with Gasteiger partial charge in [0.1, 0.15) is 11.5 Å². The lowest BCUT2D eigenvalue weighted by Gasteiger charge is -2.09. The first kappa shape index (κ1) is 13.3. The summed E-state index contributed by atoms with van der Waals surface area (Å²) < 4.78 is 13.6. The monoisotopic (exact) mass is 280 g/mol. The van der Waals surface area contributed by atoms with Gasteiger partial charge >= 0.3 is 0 Å². The Labute approximate surface area is 114 Å². The van der Waals surface area contributed by atoms with Gasteiger partial charge in [-0.25, -0.2) is 4.39 Å². The van der Waals surface area contributed by atoms with Gasteiger partial charge in [0.15, 0.2) is 0 Å². The number of nitrogens with zero attached hydrogens (tertiary/aromatic N) is 1. The highest BCUT2D eigenvalue weighted by Crippen LogP contribution is 2.25. The smallest absolute Gasteiger partial charge is 0.292 e. The molecular weight excluding hydrogens is 271 g/mol. The van der Waals surface area contributed by atoms with Crippen molar-refractivity contribution in [2.24, 2.45) is 0 Å². The highest BCUT2D eigenvalue weighted by molar-refractivity contribution is 6.31. The van der Waals surface area contributed by atoms with Crippen molar-refractivity contribution in [3.8, 4) is 0 Å². The molecule has 0 amide bonds. The Hall–Kier alpha value is -2.14. The van der Waals surface area contributed by atoms with Crippen molar-refractivity contribution in [3.63, 3.8) is 0 Å². The number of hydrogen-bond donors (Lipinski definition) is 1. The van der Waals surface area contributed by atoms with E-state index in [1.165, 1.54) is 18.2 Å². The first-order chi connectivity index (χ1) is 9.09. The van der Waals surface area contributed by atoms with Gasteiger partial charge in [0.25, 0.3) is 5.69 Å².